The molecule has 3 N–H and O–H groups in total. The first kappa shape index (κ1) is 15.8. The van der Waals surface area contributed by atoms with Gasteiger partial charge in [0, 0.05) is 26.5 Å². The summed E-state index contributed by atoms with van der Waals surface area (Å²) in [4.78, 5) is 4.59. The van der Waals surface area contributed by atoms with Crippen molar-refractivity contribution in [3.05, 3.63) is 23.9 Å². The monoisotopic (exact) mass is 283 g/mol. The lowest BCUT2D eigenvalue weighted by Gasteiger charge is -2.09. The van der Waals surface area contributed by atoms with E-state index in [-0.39, 0.29) is 0 Å². The highest BCUT2D eigenvalue weighted by Crippen LogP contribution is 2.11. The van der Waals surface area contributed by atoms with Crippen molar-refractivity contribution in [1.29, 1.82) is 0 Å². The van der Waals surface area contributed by atoms with Crippen LogP contribution in [0.3, 0.4) is 0 Å². The summed E-state index contributed by atoms with van der Waals surface area (Å²) in [7, 11) is 1.67. The molecule has 0 aliphatic heterocycles. The molecule has 1 aromatic rings. The van der Waals surface area contributed by atoms with Crippen LogP contribution < -0.4 is 11.1 Å². The number of hydrogen-bond donors (Lipinski definition) is 2. The number of nitrogens with two attached hydrogens (primary N) is 1. The topological polar surface area (TPSA) is 69.4 Å². The van der Waals surface area contributed by atoms with Gasteiger partial charge in [-0.1, -0.05) is 12.2 Å². The first-order valence-electron chi connectivity index (χ1n) is 6.31. The molecule has 0 saturated carbocycles. The van der Waals surface area contributed by atoms with E-state index in [1.807, 2.05) is 12.1 Å². The number of hydrogen-bond acceptors (Lipinski definition) is 5. The minimum atomic E-state index is 0.360. The van der Waals surface area contributed by atoms with Gasteiger partial charge in [0.25, 0.3) is 0 Å². The summed E-state index contributed by atoms with van der Waals surface area (Å²) < 4.78 is 10.3. The Morgan fingerprint density at radius 2 is 2.21 bits per heavy atom. The van der Waals surface area contributed by atoms with Crippen molar-refractivity contribution in [1.82, 2.24) is 4.98 Å². The van der Waals surface area contributed by atoms with E-state index in [2.05, 4.69) is 10.3 Å². The third-order valence-electron chi connectivity index (χ3n) is 2.51. The molecule has 0 aliphatic carbocycles. The quantitative estimate of drug-likeness (QED) is 0.502. The summed E-state index contributed by atoms with van der Waals surface area (Å²) in [6.45, 7) is 2.86. The standard InChI is InChI=1S/C13H21N3O2S/c1-17-9-10-18-8-3-2-6-15-13-11(12(14)19)5-4-7-16-13/h4-5,7H,2-3,6,8-10H2,1H3,(H2,14,19)(H,15,16). The first-order chi connectivity index (χ1) is 9.25. The van der Waals surface area contributed by atoms with E-state index in [1.54, 1.807) is 13.3 Å². The van der Waals surface area contributed by atoms with Crippen LogP contribution in [-0.4, -0.2) is 43.4 Å². The lowest BCUT2D eigenvalue weighted by atomic mass is 10.2. The molecule has 6 heteroatoms. The van der Waals surface area contributed by atoms with Gasteiger partial charge in [-0.15, -0.1) is 0 Å². The summed E-state index contributed by atoms with van der Waals surface area (Å²) in [5, 5.41) is 3.24. The average Bonchev–Trinajstić information content (AvgIpc) is 2.42. The van der Waals surface area contributed by atoms with E-state index in [9.17, 15) is 0 Å². The zero-order valence-corrected chi connectivity index (χ0v) is 12.0. The fourth-order valence-electron chi connectivity index (χ4n) is 1.53. The van der Waals surface area contributed by atoms with Crippen LogP contribution in [-0.2, 0) is 9.47 Å². The van der Waals surface area contributed by atoms with Crippen LogP contribution in [0.1, 0.15) is 18.4 Å². The zero-order valence-electron chi connectivity index (χ0n) is 11.2. The molecule has 106 valence electrons. The van der Waals surface area contributed by atoms with Gasteiger partial charge in [-0.3, -0.25) is 0 Å². The van der Waals surface area contributed by atoms with Gasteiger partial charge in [0.1, 0.15) is 10.8 Å². The number of anilines is 1. The number of nitrogens with one attached hydrogen (secondary N) is 1. The number of thiocarbonyl (C=S) groups is 1. The van der Waals surface area contributed by atoms with E-state index < -0.39 is 0 Å². The summed E-state index contributed by atoms with van der Waals surface area (Å²) in [5.41, 5.74) is 6.42. The van der Waals surface area contributed by atoms with Gasteiger partial charge in [-0.05, 0) is 25.0 Å². The number of nitrogens with zero attached hydrogens (tertiary/aromatic N) is 1. The van der Waals surface area contributed by atoms with Crippen LogP contribution in [0.2, 0.25) is 0 Å². The molecule has 19 heavy (non-hydrogen) atoms. The molecule has 0 aliphatic rings. The lowest BCUT2D eigenvalue weighted by molar-refractivity contribution is 0.0691. The molecular weight excluding hydrogens is 262 g/mol. The van der Waals surface area contributed by atoms with Crippen molar-refractivity contribution in [2.75, 3.05) is 38.8 Å². The highest BCUT2D eigenvalue weighted by Gasteiger charge is 2.04. The van der Waals surface area contributed by atoms with Crippen molar-refractivity contribution in [3.63, 3.8) is 0 Å². The Morgan fingerprint density at radius 1 is 1.37 bits per heavy atom. The molecule has 0 fully saturated rings. The van der Waals surface area contributed by atoms with Gasteiger partial charge >= 0.3 is 0 Å². The molecule has 1 aromatic heterocycles. The second-order valence-corrected chi connectivity index (χ2v) is 4.44. The highest BCUT2D eigenvalue weighted by molar-refractivity contribution is 7.80. The minimum Gasteiger partial charge on any atom is -0.389 e. The molecule has 0 radical (unpaired) electrons. The summed E-state index contributed by atoms with van der Waals surface area (Å²) in [5.74, 6) is 0.746. The van der Waals surface area contributed by atoms with Crippen molar-refractivity contribution in [2.45, 2.75) is 12.8 Å². The smallest absolute Gasteiger partial charge is 0.136 e. The molecule has 1 heterocycles. The second kappa shape index (κ2) is 9.66. The highest BCUT2D eigenvalue weighted by atomic mass is 32.1. The molecule has 0 amide bonds. The Bertz CT molecular complexity index is 388. The predicted octanol–water partition coefficient (Wildman–Crippen LogP) is 1.57. The number of rotatable bonds is 10. The maximum absolute atomic E-state index is 5.63. The van der Waals surface area contributed by atoms with Crippen LogP contribution in [0, 0.1) is 0 Å². The Hall–Kier alpha value is -1.24. The first-order valence-corrected chi connectivity index (χ1v) is 6.72. The van der Waals surface area contributed by atoms with Crippen molar-refractivity contribution in [3.8, 4) is 0 Å². The molecule has 0 saturated heterocycles. The number of ether oxygens (including phenoxy) is 2. The molecule has 0 atom stereocenters. The van der Waals surface area contributed by atoms with Gasteiger partial charge in [0.2, 0.25) is 0 Å². The largest absolute Gasteiger partial charge is 0.389 e. The van der Waals surface area contributed by atoms with Crippen LogP contribution in [0.4, 0.5) is 5.82 Å². The molecule has 5 nitrogen and oxygen atoms in total. The molecule has 0 aromatic carbocycles. The fraction of sp³-hybridized carbons (Fsp3) is 0.538. The molecule has 1 rings (SSSR count). The number of methoxy groups -OCH3 is 1. The maximum atomic E-state index is 5.63. The average molecular weight is 283 g/mol. The van der Waals surface area contributed by atoms with Crippen molar-refractivity contribution in [2.24, 2.45) is 5.73 Å². The predicted molar refractivity (Wildman–Crippen MR) is 80.5 cm³/mol. The molecular formula is C13H21N3O2S. The number of aromatic nitrogens is 1. The van der Waals surface area contributed by atoms with E-state index in [4.69, 9.17) is 27.4 Å². The molecule has 0 bridgehead atoms. The Labute approximate surface area is 119 Å². The van der Waals surface area contributed by atoms with Gasteiger partial charge in [-0.25, -0.2) is 4.98 Å². The van der Waals surface area contributed by atoms with Crippen LogP contribution in [0.5, 0.6) is 0 Å². The Balaban J connectivity index is 2.17. The van der Waals surface area contributed by atoms with Gasteiger partial charge < -0.3 is 20.5 Å². The van der Waals surface area contributed by atoms with Crippen molar-refractivity contribution < 1.29 is 9.47 Å². The lowest BCUT2D eigenvalue weighted by Crippen LogP contribution is -2.15. The van der Waals surface area contributed by atoms with Gasteiger partial charge in [-0.2, -0.15) is 0 Å². The van der Waals surface area contributed by atoms with E-state index in [0.29, 0.717) is 18.2 Å². The van der Waals surface area contributed by atoms with Crippen LogP contribution in [0.25, 0.3) is 0 Å². The zero-order chi connectivity index (χ0) is 13.9. The van der Waals surface area contributed by atoms with Crippen LogP contribution >= 0.6 is 12.2 Å². The van der Waals surface area contributed by atoms with Crippen molar-refractivity contribution >= 4 is 23.0 Å². The Kier molecular flexibility index (Phi) is 8.04. The third-order valence-corrected chi connectivity index (χ3v) is 2.73. The minimum absolute atomic E-state index is 0.360. The number of unbranched alkanes of at least 4 members (excludes halogenated alkanes) is 1. The normalized spacial score (nSPS) is 10.4. The van der Waals surface area contributed by atoms with E-state index >= 15 is 0 Å². The maximum Gasteiger partial charge on any atom is 0.136 e. The van der Waals surface area contributed by atoms with E-state index in [1.165, 1.54) is 0 Å². The van der Waals surface area contributed by atoms with E-state index in [0.717, 1.165) is 37.4 Å². The summed E-state index contributed by atoms with van der Waals surface area (Å²) in [6, 6.07) is 3.69. The summed E-state index contributed by atoms with van der Waals surface area (Å²) >= 11 is 4.98. The Morgan fingerprint density at radius 3 is 2.95 bits per heavy atom. The SMILES string of the molecule is COCCOCCCCNc1ncccc1C(N)=S. The van der Waals surface area contributed by atoms with Crippen LogP contribution in [0.15, 0.2) is 18.3 Å². The van der Waals surface area contributed by atoms with Gasteiger partial charge in [0.05, 0.1) is 18.8 Å². The van der Waals surface area contributed by atoms with Gasteiger partial charge in [0.15, 0.2) is 0 Å². The molecule has 0 unspecified atom stereocenters. The number of pyridine rings is 1. The summed E-state index contributed by atoms with van der Waals surface area (Å²) in [6.07, 6.45) is 3.71. The second-order valence-electron chi connectivity index (χ2n) is 4.00. The third kappa shape index (κ3) is 6.47. The molecule has 0 spiro atoms. The fourth-order valence-corrected chi connectivity index (χ4v) is 1.69.